The molecule has 122 valence electrons. The van der Waals surface area contributed by atoms with Gasteiger partial charge in [-0.15, -0.1) is 0 Å². The number of hydrogen-bond acceptors (Lipinski definition) is 3. The monoisotopic (exact) mass is 332 g/mol. The zero-order chi connectivity index (χ0) is 16.2. The molecule has 0 spiro atoms. The summed E-state index contributed by atoms with van der Waals surface area (Å²) in [5.41, 5.74) is 1.70. The van der Waals surface area contributed by atoms with Crippen molar-refractivity contribution in [2.24, 2.45) is 0 Å². The number of amides is 1. The van der Waals surface area contributed by atoms with E-state index in [0.717, 1.165) is 23.7 Å². The van der Waals surface area contributed by atoms with E-state index in [-0.39, 0.29) is 23.2 Å². The first-order chi connectivity index (χ1) is 10.9. The number of H-pyrrole nitrogens is 1. The molecule has 2 saturated heterocycles. The van der Waals surface area contributed by atoms with Gasteiger partial charge < -0.3 is 9.88 Å². The van der Waals surface area contributed by atoms with Gasteiger partial charge in [-0.05, 0) is 49.9 Å². The molecule has 2 unspecified atom stereocenters. The lowest BCUT2D eigenvalue weighted by atomic mass is 10.0. The van der Waals surface area contributed by atoms with Crippen molar-refractivity contribution in [2.45, 2.75) is 43.0 Å². The molecule has 0 radical (unpaired) electrons. The molecule has 4 rings (SSSR count). The van der Waals surface area contributed by atoms with Crippen LogP contribution in [0.4, 0.5) is 0 Å². The van der Waals surface area contributed by atoms with Gasteiger partial charge in [0, 0.05) is 41.0 Å². The van der Waals surface area contributed by atoms with Crippen molar-refractivity contribution in [3.05, 3.63) is 36.0 Å². The first-order valence-corrected chi connectivity index (χ1v) is 9.97. The van der Waals surface area contributed by atoms with Crippen LogP contribution in [-0.4, -0.2) is 47.8 Å². The van der Waals surface area contributed by atoms with Crippen molar-refractivity contribution in [3.63, 3.8) is 0 Å². The minimum atomic E-state index is -3.03. The third-order valence-electron chi connectivity index (χ3n) is 5.33. The fourth-order valence-corrected chi connectivity index (χ4v) is 5.29. The Morgan fingerprint density at radius 3 is 2.52 bits per heavy atom. The highest BCUT2D eigenvalue weighted by molar-refractivity contribution is 7.91. The van der Waals surface area contributed by atoms with E-state index in [1.165, 1.54) is 6.26 Å². The lowest BCUT2D eigenvalue weighted by molar-refractivity contribution is 0.0598. The van der Waals surface area contributed by atoms with E-state index < -0.39 is 9.84 Å². The first-order valence-electron chi connectivity index (χ1n) is 8.02. The topological polar surface area (TPSA) is 70.2 Å². The Morgan fingerprint density at radius 2 is 1.87 bits per heavy atom. The fraction of sp³-hybridized carbons (Fsp3) is 0.471. The minimum absolute atomic E-state index is 0.0348. The number of carbonyl (C=O) groups is 1. The van der Waals surface area contributed by atoms with Gasteiger partial charge >= 0.3 is 0 Å². The Labute approximate surface area is 135 Å². The molecule has 2 fully saturated rings. The summed E-state index contributed by atoms with van der Waals surface area (Å²) in [6, 6.07) is 7.76. The fourth-order valence-electron chi connectivity index (χ4n) is 4.14. The number of hydrogen-bond donors (Lipinski definition) is 1. The predicted molar refractivity (Wildman–Crippen MR) is 89.1 cm³/mol. The van der Waals surface area contributed by atoms with E-state index >= 15 is 0 Å². The van der Waals surface area contributed by atoms with E-state index in [1.807, 2.05) is 35.4 Å². The van der Waals surface area contributed by atoms with E-state index in [1.54, 1.807) is 0 Å². The quantitative estimate of drug-likeness (QED) is 0.918. The summed E-state index contributed by atoms with van der Waals surface area (Å²) in [5.74, 6) is 0.0348. The molecule has 2 atom stereocenters. The Hall–Kier alpha value is -1.82. The zero-order valence-electron chi connectivity index (χ0n) is 13.0. The molecule has 1 amide bonds. The maximum absolute atomic E-state index is 12.9. The molecule has 1 aromatic carbocycles. The standard InChI is InChI=1S/C17H20N2O3S/c1-23(21,22)15-9-13-3-4-14(10-15)19(13)17(20)12-2-5-16-11(8-12)6-7-18-16/h2,5-8,13-15,18H,3-4,9-10H2,1H3. The van der Waals surface area contributed by atoms with Crippen LogP contribution in [0.5, 0.6) is 0 Å². The van der Waals surface area contributed by atoms with Crippen molar-refractivity contribution >= 4 is 26.6 Å². The number of sulfone groups is 1. The number of rotatable bonds is 2. The summed E-state index contributed by atoms with van der Waals surface area (Å²) in [7, 11) is -3.03. The predicted octanol–water partition coefficient (Wildman–Crippen LogP) is 2.35. The number of benzene rings is 1. The van der Waals surface area contributed by atoms with Gasteiger partial charge in [0.05, 0.1) is 5.25 Å². The molecule has 5 nitrogen and oxygen atoms in total. The van der Waals surface area contributed by atoms with Crippen molar-refractivity contribution in [3.8, 4) is 0 Å². The number of aromatic amines is 1. The van der Waals surface area contributed by atoms with Gasteiger partial charge in [-0.3, -0.25) is 4.79 Å². The van der Waals surface area contributed by atoms with Crippen molar-refractivity contribution in [2.75, 3.05) is 6.26 Å². The van der Waals surface area contributed by atoms with Crippen LogP contribution in [0.25, 0.3) is 10.9 Å². The van der Waals surface area contributed by atoms with Gasteiger partial charge in [0.25, 0.3) is 5.91 Å². The molecule has 3 heterocycles. The number of aromatic nitrogens is 1. The van der Waals surface area contributed by atoms with Crippen LogP contribution in [0, 0.1) is 0 Å². The first kappa shape index (κ1) is 14.8. The van der Waals surface area contributed by atoms with E-state index in [4.69, 9.17) is 0 Å². The molecule has 0 saturated carbocycles. The number of fused-ring (bicyclic) bond motifs is 3. The smallest absolute Gasteiger partial charge is 0.254 e. The second-order valence-corrected chi connectivity index (χ2v) is 9.13. The molecule has 23 heavy (non-hydrogen) atoms. The average Bonchev–Trinajstić information content (AvgIpc) is 3.06. The van der Waals surface area contributed by atoms with Crippen LogP contribution in [0.2, 0.25) is 0 Å². The molecular formula is C17H20N2O3S. The molecule has 2 aliphatic heterocycles. The second-order valence-electron chi connectivity index (χ2n) is 6.80. The van der Waals surface area contributed by atoms with Crippen LogP contribution in [0.1, 0.15) is 36.0 Å². The summed E-state index contributed by atoms with van der Waals surface area (Å²) >= 11 is 0. The number of piperidine rings is 1. The highest BCUT2D eigenvalue weighted by Crippen LogP contribution is 2.39. The van der Waals surface area contributed by atoms with E-state index in [2.05, 4.69) is 4.98 Å². The largest absolute Gasteiger partial charge is 0.361 e. The molecule has 0 aliphatic carbocycles. The molecule has 2 aliphatic rings. The summed E-state index contributed by atoms with van der Waals surface area (Å²) in [5, 5.41) is 0.727. The van der Waals surface area contributed by atoms with Gasteiger partial charge in [-0.25, -0.2) is 8.42 Å². The lowest BCUT2D eigenvalue weighted by Gasteiger charge is -2.38. The summed E-state index contributed by atoms with van der Waals surface area (Å²) in [6.45, 7) is 0. The Bertz CT molecular complexity index is 857. The zero-order valence-corrected chi connectivity index (χ0v) is 13.8. The molecular weight excluding hydrogens is 312 g/mol. The molecule has 2 bridgehead atoms. The number of carbonyl (C=O) groups excluding carboxylic acids is 1. The van der Waals surface area contributed by atoms with Gasteiger partial charge in [0.2, 0.25) is 0 Å². The summed E-state index contributed by atoms with van der Waals surface area (Å²) in [6.07, 6.45) is 6.15. The second kappa shape index (κ2) is 5.09. The number of nitrogens with one attached hydrogen (secondary N) is 1. The van der Waals surface area contributed by atoms with Crippen LogP contribution in [-0.2, 0) is 9.84 Å². The van der Waals surface area contributed by atoms with E-state index in [9.17, 15) is 13.2 Å². The summed E-state index contributed by atoms with van der Waals surface area (Å²) in [4.78, 5) is 18.0. The van der Waals surface area contributed by atoms with E-state index in [0.29, 0.717) is 18.4 Å². The molecule has 1 N–H and O–H groups in total. The van der Waals surface area contributed by atoms with Crippen LogP contribution in [0.3, 0.4) is 0 Å². The molecule has 6 heteroatoms. The normalized spacial score (nSPS) is 27.5. The SMILES string of the molecule is CS(=O)(=O)C1CC2CCC(C1)N2C(=O)c1ccc2[nH]ccc2c1. The highest BCUT2D eigenvalue weighted by atomic mass is 32.2. The lowest BCUT2D eigenvalue weighted by Crippen LogP contribution is -2.49. The maximum atomic E-state index is 12.9. The van der Waals surface area contributed by atoms with Crippen molar-refractivity contribution in [1.82, 2.24) is 9.88 Å². The van der Waals surface area contributed by atoms with Crippen LogP contribution < -0.4 is 0 Å². The third-order valence-corrected chi connectivity index (χ3v) is 6.93. The highest BCUT2D eigenvalue weighted by Gasteiger charge is 2.45. The van der Waals surface area contributed by atoms with Crippen molar-refractivity contribution < 1.29 is 13.2 Å². The molecule has 1 aromatic heterocycles. The van der Waals surface area contributed by atoms with Gasteiger partial charge in [-0.1, -0.05) is 0 Å². The van der Waals surface area contributed by atoms with Gasteiger partial charge in [0.15, 0.2) is 0 Å². The van der Waals surface area contributed by atoms with Crippen molar-refractivity contribution in [1.29, 1.82) is 0 Å². The number of nitrogens with zero attached hydrogens (tertiary/aromatic N) is 1. The van der Waals surface area contributed by atoms with Gasteiger partial charge in [0.1, 0.15) is 9.84 Å². The minimum Gasteiger partial charge on any atom is -0.361 e. The Kier molecular flexibility index (Phi) is 3.27. The van der Waals surface area contributed by atoms with Crippen LogP contribution >= 0.6 is 0 Å². The van der Waals surface area contributed by atoms with Gasteiger partial charge in [-0.2, -0.15) is 0 Å². The third kappa shape index (κ3) is 2.45. The Morgan fingerprint density at radius 1 is 1.17 bits per heavy atom. The maximum Gasteiger partial charge on any atom is 0.254 e. The summed E-state index contributed by atoms with van der Waals surface area (Å²) < 4.78 is 23.7. The average molecular weight is 332 g/mol. The van der Waals surface area contributed by atoms with Crippen LogP contribution in [0.15, 0.2) is 30.5 Å². The Balaban J connectivity index is 1.62. The molecule has 2 aromatic rings.